The number of carbonyl (C=O) groups is 1. The molecule has 4 nitrogen and oxygen atoms in total. The van der Waals surface area contributed by atoms with Crippen LogP contribution < -0.4 is 11.1 Å². The molecule has 4 heteroatoms. The number of aliphatic hydroxyl groups is 1. The zero-order chi connectivity index (χ0) is 11.5. The van der Waals surface area contributed by atoms with Crippen molar-refractivity contribution in [1.29, 1.82) is 0 Å². The van der Waals surface area contributed by atoms with E-state index in [4.69, 9.17) is 10.8 Å². The Labute approximate surface area is 91.2 Å². The predicted molar refractivity (Wildman–Crippen MR) is 59.2 cm³/mol. The highest BCUT2D eigenvalue weighted by atomic mass is 16.3. The van der Waals surface area contributed by atoms with Crippen LogP contribution >= 0.6 is 0 Å². The second-order valence-corrected chi connectivity index (χ2v) is 4.82. The van der Waals surface area contributed by atoms with Crippen molar-refractivity contribution in [2.45, 2.75) is 39.2 Å². The number of nitrogens with one attached hydrogen (secondary N) is 1. The highest BCUT2D eigenvalue weighted by Crippen LogP contribution is 2.27. The molecule has 0 aromatic rings. The quantitative estimate of drug-likeness (QED) is 0.614. The molecule has 0 radical (unpaired) electrons. The van der Waals surface area contributed by atoms with Gasteiger partial charge >= 0.3 is 0 Å². The van der Waals surface area contributed by atoms with Gasteiger partial charge in [0.1, 0.15) is 0 Å². The standard InChI is InChI=1S/C11H22N2O2/c1-3-11(2,7-12)10(15)13-6-8-4-9(14)5-8/h8-9,14H,3-7,12H2,1-2H3,(H,13,15). The molecular formula is C11H22N2O2. The van der Waals surface area contributed by atoms with Crippen molar-refractivity contribution in [3.05, 3.63) is 0 Å². The van der Waals surface area contributed by atoms with Gasteiger partial charge in [0.15, 0.2) is 0 Å². The molecule has 88 valence electrons. The Hall–Kier alpha value is -0.610. The van der Waals surface area contributed by atoms with Gasteiger partial charge in [0.05, 0.1) is 11.5 Å². The van der Waals surface area contributed by atoms with Crippen molar-refractivity contribution < 1.29 is 9.90 Å². The van der Waals surface area contributed by atoms with Crippen molar-refractivity contribution in [1.82, 2.24) is 5.32 Å². The summed E-state index contributed by atoms with van der Waals surface area (Å²) in [6.07, 6.45) is 2.22. The maximum absolute atomic E-state index is 11.8. The lowest BCUT2D eigenvalue weighted by Gasteiger charge is -2.33. The van der Waals surface area contributed by atoms with E-state index in [9.17, 15) is 4.79 Å². The molecule has 1 rings (SSSR count). The highest BCUT2D eigenvalue weighted by molar-refractivity contribution is 5.82. The monoisotopic (exact) mass is 214 g/mol. The number of nitrogens with two attached hydrogens (primary N) is 1. The Morgan fingerprint density at radius 1 is 1.60 bits per heavy atom. The molecule has 1 saturated carbocycles. The van der Waals surface area contributed by atoms with Crippen LogP contribution in [0.2, 0.25) is 0 Å². The van der Waals surface area contributed by atoms with E-state index >= 15 is 0 Å². The Balaban J connectivity index is 2.29. The van der Waals surface area contributed by atoms with Crippen molar-refractivity contribution in [2.75, 3.05) is 13.1 Å². The molecule has 1 unspecified atom stereocenters. The second-order valence-electron chi connectivity index (χ2n) is 4.82. The first-order valence-corrected chi connectivity index (χ1v) is 5.68. The van der Waals surface area contributed by atoms with E-state index in [0.717, 1.165) is 19.3 Å². The van der Waals surface area contributed by atoms with Gasteiger partial charge in [-0.25, -0.2) is 0 Å². The average molecular weight is 214 g/mol. The lowest BCUT2D eigenvalue weighted by molar-refractivity contribution is -0.130. The molecule has 0 aromatic carbocycles. The maximum Gasteiger partial charge on any atom is 0.227 e. The topological polar surface area (TPSA) is 75.4 Å². The lowest BCUT2D eigenvalue weighted by Crippen LogP contribution is -2.46. The molecule has 0 heterocycles. The molecule has 1 fully saturated rings. The van der Waals surface area contributed by atoms with Crippen LogP contribution in [-0.4, -0.2) is 30.2 Å². The summed E-state index contributed by atoms with van der Waals surface area (Å²) in [7, 11) is 0. The van der Waals surface area contributed by atoms with Crippen LogP contribution in [0.3, 0.4) is 0 Å². The molecule has 0 saturated heterocycles. The van der Waals surface area contributed by atoms with Crippen molar-refractivity contribution in [3.8, 4) is 0 Å². The number of hydrogen-bond acceptors (Lipinski definition) is 3. The normalized spacial score (nSPS) is 29.1. The van der Waals surface area contributed by atoms with Crippen molar-refractivity contribution in [2.24, 2.45) is 17.1 Å². The summed E-state index contributed by atoms with van der Waals surface area (Å²) >= 11 is 0. The van der Waals surface area contributed by atoms with Gasteiger partial charge < -0.3 is 16.2 Å². The molecular weight excluding hydrogens is 192 g/mol. The zero-order valence-electron chi connectivity index (χ0n) is 9.62. The van der Waals surface area contributed by atoms with E-state index in [1.54, 1.807) is 0 Å². The number of rotatable bonds is 5. The molecule has 0 aliphatic heterocycles. The van der Waals surface area contributed by atoms with E-state index in [0.29, 0.717) is 19.0 Å². The van der Waals surface area contributed by atoms with Crippen LogP contribution in [-0.2, 0) is 4.79 Å². The molecule has 0 aromatic heterocycles. The minimum absolute atomic E-state index is 0.0360. The third-order valence-electron chi connectivity index (χ3n) is 3.54. The van der Waals surface area contributed by atoms with Gasteiger partial charge in [-0.2, -0.15) is 0 Å². The van der Waals surface area contributed by atoms with Gasteiger partial charge in [0, 0.05) is 13.1 Å². The van der Waals surface area contributed by atoms with Gasteiger partial charge in [-0.1, -0.05) is 6.92 Å². The summed E-state index contributed by atoms with van der Waals surface area (Å²) in [5.74, 6) is 0.483. The molecule has 1 amide bonds. The fourth-order valence-electron chi connectivity index (χ4n) is 1.72. The van der Waals surface area contributed by atoms with Gasteiger partial charge in [0.25, 0.3) is 0 Å². The average Bonchev–Trinajstić information content (AvgIpc) is 2.21. The first kappa shape index (κ1) is 12.5. The van der Waals surface area contributed by atoms with Crippen LogP contribution in [0.1, 0.15) is 33.1 Å². The first-order valence-electron chi connectivity index (χ1n) is 5.68. The van der Waals surface area contributed by atoms with Crippen LogP contribution in [0.5, 0.6) is 0 Å². The van der Waals surface area contributed by atoms with Crippen LogP contribution in [0.15, 0.2) is 0 Å². The Morgan fingerprint density at radius 2 is 2.20 bits per heavy atom. The third kappa shape index (κ3) is 2.92. The number of hydrogen-bond donors (Lipinski definition) is 3. The van der Waals surface area contributed by atoms with E-state index in [1.165, 1.54) is 0 Å². The highest BCUT2D eigenvalue weighted by Gasteiger charge is 2.32. The number of amides is 1. The minimum Gasteiger partial charge on any atom is -0.393 e. The fraction of sp³-hybridized carbons (Fsp3) is 0.909. The van der Waals surface area contributed by atoms with Crippen molar-refractivity contribution >= 4 is 5.91 Å². The van der Waals surface area contributed by atoms with Crippen molar-refractivity contribution in [3.63, 3.8) is 0 Å². The van der Waals surface area contributed by atoms with E-state index in [-0.39, 0.29) is 12.0 Å². The molecule has 0 bridgehead atoms. The van der Waals surface area contributed by atoms with E-state index in [1.807, 2.05) is 13.8 Å². The van der Waals surface area contributed by atoms with Crippen LogP contribution in [0, 0.1) is 11.3 Å². The second kappa shape index (κ2) is 4.94. The summed E-state index contributed by atoms with van der Waals surface area (Å²) in [5, 5.41) is 12.0. The molecule has 1 aliphatic carbocycles. The van der Waals surface area contributed by atoms with Gasteiger partial charge in [-0.05, 0) is 32.1 Å². The van der Waals surface area contributed by atoms with Gasteiger partial charge in [0.2, 0.25) is 5.91 Å². The van der Waals surface area contributed by atoms with Gasteiger partial charge in [-0.15, -0.1) is 0 Å². The zero-order valence-corrected chi connectivity index (χ0v) is 9.62. The van der Waals surface area contributed by atoms with Crippen LogP contribution in [0.25, 0.3) is 0 Å². The molecule has 4 N–H and O–H groups in total. The SMILES string of the molecule is CCC(C)(CN)C(=O)NCC1CC(O)C1. The van der Waals surface area contributed by atoms with Crippen LogP contribution in [0.4, 0.5) is 0 Å². The smallest absolute Gasteiger partial charge is 0.227 e. The molecule has 0 spiro atoms. The maximum atomic E-state index is 11.8. The Bertz CT molecular complexity index is 221. The summed E-state index contributed by atoms with van der Waals surface area (Å²) in [6.45, 7) is 4.91. The van der Waals surface area contributed by atoms with E-state index < -0.39 is 5.41 Å². The molecule has 15 heavy (non-hydrogen) atoms. The first-order chi connectivity index (χ1) is 7.01. The summed E-state index contributed by atoms with van der Waals surface area (Å²) in [6, 6.07) is 0. The fourth-order valence-corrected chi connectivity index (χ4v) is 1.72. The Kier molecular flexibility index (Phi) is 4.11. The number of aliphatic hydroxyl groups excluding tert-OH is 1. The van der Waals surface area contributed by atoms with Gasteiger partial charge in [-0.3, -0.25) is 4.79 Å². The summed E-state index contributed by atoms with van der Waals surface area (Å²) < 4.78 is 0. The molecule has 1 aliphatic rings. The minimum atomic E-state index is -0.442. The predicted octanol–water partition coefficient (Wildman–Crippen LogP) is 0.249. The summed E-state index contributed by atoms with van der Waals surface area (Å²) in [5.41, 5.74) is 5.15. The van der Waals surface area contributed by atoms with E-state index in [2.05, 4.69) is 5.32 Å². The third-order valence-corrected chi connectivity index (χ3v) is 3.54. The lowest BCUT2D eigenvalue weighted by atomic mass is 9.81. The summed E-state index contributed by atoms with van der Waals surface area (Å²) in [4.78, 5) is 11.8. The Morgan fingerprint density at radius 3 is 2.60 bits per heavy atom. The largest absolute Gasteiger partial charge is 0.393 e. The molecule has 1 atom stereocenters. The number of carbonyl (C=O) groups excluding carboxylic acids is 1.